The Labute approximate surface area is 127 Å². The molecule has 0 aliphatic rings. The molecule has 118 valence electrons. The van der Waals surface area contributed by atoms with Gasteiger partial charge >= 0.3 is 0 Å². The first-order chi connectivity index (χ1) is 10.1. The Kier molecular flexibility index (Phi) is 3.01. The molecule has 0 saturated heterocycles. The average molecular weight is 342 g/mol. The molecule has 0 amide bonds. The maximum Gasteiger partial charge on any atom is 0.239 e. The molecule has 0 aliphatic heterocycles. The fourth-order valence-electron chi connectivity index (χ4n) is 2.27. The van der Waals surface area contributed by atoms with Crippen LogP contribution in [-0.2, 0) is 20.0 Å². The summed E-state index contributed by atoms with van der Waals surface area (Å²) in [6.07, 6.45) is 3.63. The molecule has 22 heavy (non-hydrogen) atoms. The number of imidazole rings is 2. The molecule has 2 heterocycles. The summed E-state index contributed by atoms with van der Waals surface area (Å²) in [6, 6.07) is 6.92. The third-order valence-corrected chi connectivity index (χ3v) is 5.57. The van der Waals surface area contributed by atoms with E-state index < -0.39 is 20.0 Å². The van der Waals surface area contributed by atoms with E-state index in [-0.39, 0.29) is 11.6 Å². The predicted molar refractivity (Wildman–Crippen MR) is 84.2 cm³/mol. The minimum atomic E-state index is -3.60. The zero-order valence-electron chi connectivity index (χ0n) is 12.1. The predicted octanol–water partition coefficient (Wildman–Crippen LogP) is 0.492. The van der Waals surface area contributed by atoms with E-state index in [0.29, 0.717) is 11.0 Å². The van der Waals surface area contributed by atoms with Crippen molar-refractivity contribution in [1.82, 2.24) is 13.4 Å². The summed E-state index contributed by atoms with van der Waals surface area (Å²) < 4.78 is 51.1. The molecule has 1 aromatic carbocycles. The van der Waals surface area contributed by atoms with Gasteiger partial charge in [0.15, 0.2) is 5.82 Å². The molecular weight excluding hydrogens is 328 g/mol. The molecule has 0 N–H and O–H groups in total. The molecule has 10 heteroatoms. The van der Waals surface area contributed by atoms with Crippen molar-refractivity contribution in [3.8, 4) is 0 Å². The van der Waals surface area contributed by atoms with Crippen molar-refractivity contribution in [2.24, 2.45) is 0 Å². The third kappa shape index (κ3) is 2.15. The number of anilines is 1. The Morgan fingerprint density at radius 3 is 2.18 bits per heavy atom. The van der Waals surface area contributed by atoms with Crippen molar-refractivity contribution in [3.63, 3.8) is 0 Å². The van der Waals surface area contributed by atoms with Gasteiger partial charge in [-0.1, -0.05) is 12.1 Å². The first-order valence-corrected chi connectivity index (χ1v) is 9.93. The lowest BCUT2D eigenvalue weighted by Gasteiger charge is -2.12. The number of aromatic nitrogens is 3. The highest BCUT2D eigenvalue weighted by atomic mass is 32.2. The maximum atomic E-state index is 12.1. The SMILES string of the molecule is CN(c1cn2c3ccccc3n(S(C)(=O)=O)c2n1)S(C)(=O)=O. The maximum absolute atomic E-state index is 12.1. The van der Waals surface area contributed by atoms with Crippen molar-refractivity contribution in [1.29, 1.82) is 0 Å². The second-order valence-corrected chi connectivity index (χ2v) is 8.86. The number of rotatable bonds is 3. The Balaban J connectivity index is 2.43. The van der Waals surface area contributed by atoms with E-state index in [1.165, 1.54) is 13.2 Å². The van der Waals surface area contributed by atoms with Crippen molar-refractivity contribution < 1.29 is 16.8 Å². The minimum Gasteiger partial charge on any atom is -0.281 e. The fraction of sp³-hybridized carbons (Fsp3) is 0.250. The molecule has 0 bridgehead atoms. The van der Waals surface area contributed by atoms with Crippen LogP contribution in [0.1, 0.15) is 0 Å². The summed E-state index contributed by atoms with van der Waals surface area (Å²) in [6.45, 7) is 0. The monoisotopic (exact) mass is 342 g/mol. The lowest BCUT2D eigenvalue weighted by atomic mass is 10.3. The fourth-order valence-corrected chi connectivity index (χ4v) is 3.64. The molecule has 3 rings (SSSR count). The summed E-state index contributed by atoms with van der Waals surface area (Å²) in [5, 5.41) is 0. The van der Waals surface area contributed by atoms with Gasteiger partial charge < -0.3 is 0 Å². The summed E-state index contributed by atoms with van der Waals surface area (Å²) >= 11 is 0. The van der Waals surface area contributed by atoms with Gasteiger partial charge in [0.05, 0.1) is 29.7 Å². The summed E-state index contributed by atoms with van der Waals surface area (Å²) in [7, 11) is -5.71. The summed E-state index contributed by atoms with van der Waals surface area (Å²) in [4.78, 5) is 4.18. The molecule has 2 aromatic heterocycles. The largest absolute Gasteiger partial charge is 0.281 e. The van der Waals surface area contributed by atoms with Crippen LogP contribution in [0.3, 0.4) is 0 Å². The number of fused-ring (bicyclic) bond motifs is 3. The van der Waals surface area contributed by atoms with Crippen molar-refractivity contribution in [3.05, 3.63) is 30.5 Å². The molecule has 0 spiro atoms. The Morgan fingerprint density at radius 1 is 1.05 bits per heavy atom. The zero-order valence-corrected chi connectivity index (χ0v) is 13.8. The van der Waals surface area contributed by atoms with E-state index in [9.17, 15) is 16.8 Å². The highest BCUT2D eigenvalue weighted by Gasteiger charge is 2.22. The number of sulfonamides is 1. The average Bonchev–Trinajstić information content (AvgIpc) is 2.91. The lowest BCUT2D eigenvalue weighted by molar-refractivity contribution is 0.595. The van der Waals surface area contributed by atoms with Gasteiger partial charge in [0.2, 0.25) is 25.8 Å². The molecule has 0 unspecified atom stereocenters. The number of nitrogens with zero attached hydrogens (tertiary/aromatic N) is 4. The van der Waals surface area contributed by atoms with Crippen molar-refractivity contribution in [2.45, 2.75) is 0 Å². The second-order valence-electron chi connectivity index (χ2n) is 5.02. The molecule has 3 aromatic rings. The molecule has 8 nitrogen and oxygen atoms in total. The van der Waals surface area contributed by atoms with E-state index >= 15 is 0 Å². The number of benzene rings is 1. The minimum absolute atomic E-state index is 0.147. The smallest absolute Gasteiger partial charge is 0.239 e. The highest BCUT2D eigenvalue weighted by Crippen LogP contribution is 2.25. The summed E-state index contributed by atoms with van der Waals surface area (Å²) in [5.74, 6) is 0.301. The molecular formula is C12H14N4O4S2. The van der Waals surface area contributed by atoms with Gasteiger partial charge in [0, 0.05) is 7.05 Å². The molecule has 0 saturated carbocycles. The lowest BCUT2D eigenvalue weighted by Crippen LogP contribution is -2.25. The number of hydrogen-bond acceptors (Lipinski definition) is 5. The molecule has 0 fully saturated rings. The van der Waals surface area contributed by atoms with Gasteiger partial charge in [-0.15, -0.1) is 0 Å². The van der Waals surface area contributed by atoms with Crippen LogP contribution in [0.2, 0.25) is 0 Å². The van der Waals surface area contributed by atoms with Crippen LogP contribution in [0.25, 0.3) is 16.8 Å². The van der Waals surface area contributed by atoms with Gasteiger partial charge in [0.25, 0.3) is 0 Å². The van der Waals surface area contributed by atoms with Crippen molar-refractivity contribution in [2.75, 3.05) is 23.9 Å². The van der Waals surface area contributed by atoms with E-state index in [1.54, 1.807) is 28.7 Å². The first kappa shape index (κ1) is 14.9. The van der Waals surface area contributed by atoms with Crippen LogP contribution in [0.15, 0.2) is 30.5 Å². The second kappa shape index (κ2) is 4.46. The Morgan fingerprint density at radius 2 is 1.64 bits per heavy atom. The molecule has 0 atom stereocenters. The first-order valence-electron chi connectivity index (χ1n) is 6.23. The van der Waals surface area contributed by atoms with Crippen LogP contribution >= 0.6 is 0 Å². The third-order valence-electron chi connectivity index (χ3n) is 3.37. The van der Waals surface area contributed by atoms with Crippen LogP contribution in [0.5, 0.6) is 0 Å². The number of para-hydroxylation sites is 2. The van der Waals surface area contributed by atoms with Crippen LogP contribution < -0.4 is 4.31 Å². The van der Waals surface area contributed by atoms with Crippen LogP contribution in [0, 0.1) is 0 Å². The van der Waals surface area contributed by atoms with E-state index in [4.69, 9.17) is 0 Å². The normalized spacial score (nSPS) is 13.0. The Bertz CT molecular complexity index is 1090. The quantitative estimate of drug-likeness (QED) is 0.690. The standard InChI is InChI=1S/C12H14N4O4S2/c1-14(21(2,17)18)11-8-15-9-6-4-5-7-10(9)16(12(15)13-11)22(3,19)20/h4-8H,1-3H3. The van der Waals surface area contributed by atoms with Gasteiger partial charge in [-0.2, -0.15) is 4.98 Å². The van der Waals surface area contributed by atoms with E-state index in [2.05, 4.69) is 4.98 Å². The molecule has 0 radical (unpaired) electrons. The van der Waals surface area contributed by atoms with Gasteiger partial charge in [-0.05, 0) is 12.1 Å². The summed E-state index contributed by atoms with van der Waals surface area (Å²) in [5.41, 5.74) is 1.12. The topological polar surface area (TPSA) is 93.8 Å². The Hall–Kier alpha value is -2.07. The van der Waals surface area contributed by atoms with Gasteiger partial charge in [-0.25, -0.2) is 20.8 Å². The zero-order chi connectivity index (χ0) is 16.3. The van der Waals surface area contributed by atoms with Crippen LogP contribution in [-0.4, -0.2) is 49.8 Å². The van der Waals surface area contributed by atoms with Gasteiger partial charge in [-0.3, -0.25) is 8.71 Å². The van der Waals surface area contributed by atoms with E-state index in [0.717, 1.165) is 20.8 Å². The van der Waals surface area contributed by atoms with Gasteiger partial charge in [0.1, 0.15) is 0 Å². The molecule has 0 aliphatic carbocycles. The van der Waals surface area contributed by atoms with Crippen molar-refractivity contribution >= 4 is 42.7 Å². The number of hydrogen-bond donors (Lipinski definition) is 0. The van der Waals surface area contributed by atoms with E-state index in [1.807, 2.05) is 0 Å². The van der Waals surface area contributed by atoms with Crippen LogP contribution in [0.4, 0.5) is 5.82 Å². The highest BCUT2D eigenvalue weighted by molar-refractivity contribution is 7.92.